The van der Waals surface area contributed by atoms with Crippen LogP contribution in [0.1, 0.15) is 5.56 Å². The number of benzene rings is 1. The molecule has 4 nitrogen and oxygen atoms in total. The normalized spacial score (nSPS) is 10.8. The summed E-state index contributed by atoms with van der Waals surface area (Å²) in [6.45, 7) is 2.05. The molecule has 0 fully saturated rings. The van der Waals surface area contributed by atoms with Gasteiger partial charge in [-0.2, -0.15) is 0 Å². The van der Waals surface area contributed by atoms with Crippen LogP contribution in [0.15, 0.2) is 42.5 Å². The first-order valence-corrected chi connectivity index (χ1v) is 6.87. The molecule has 3 aromatic rings. The third-order valence-electron chi connectivity index (χ3n) is 3.51. The summed E-state index contributed by atoms with van der Waals surface area (Å²) in [5.41, 5.74) is 10.7. The van der Waals surface area contributed by atoms with Gasteiger partial charge in [-0.1, -0.05) is 30.3 Å². The molecule has 0 aliphatic rings. The van der Waals surface area contributed by atoms with Gasteiger partial charge in [0, 0.05) is 36.8 Å². The van der Waals surface area contributed by atoms with E-state index in [0.29, 0.717) is 11.3 Å². The summed E-state index contributed by atoms with van der Waals surface area (Å²) >= 11 is 0. The lowest BCUT2D eigenvalue weighted by atomic mass is 10.1. The molecule has 2 heterocycles. The zero-order valence-corrected chi connectivity index (χ0v) is 12.5. The van der Waals surface area contributed by atoms with Gasteiger partial charge in [0.25, 0.3) is 0 Å². The molecule has 0 bridgehead atoms. The van der Waals surface area contributed by atoms with Crippen molar-refractivity contribution in [2.75, 3.05) is 24.7 Å². The highest BCUT2D eigenvalue weighted by Gasteiger charge is 2.11. The Labute approximate surface area is 124 Å². The molecule has 0 aliphatic heterocycles. The summed E-state index contributed by atoms with van der Waals surface area (Å²) < 4.78 is 0. The lowest BCUT2D eigenvalue weighted by Gasteiger charge is -2.14. The number of anilines is 2. The van der Waals surface area contributed by atoms with Crippen LogP contribution in [-0.4, -0.2) is 24.1 Å². The number of aryl methyl sites for hydroxylation is 1. The predicted octanol–water partition coefficient (Wildman–Crippen LogP) is 3.25. The lowest BCUT2D eigenvalue weighted by molar-refractivity contribution is 1.07. The summed E-state index contributed by atoms with van der Waals surface area (Å²) in [5.74, 6) is 0.815. The number of pyridine rings is 2. The van der Waals surface area contributed by atoms with Crippen molar-refractivity contribution in [2.45, 2.75) is 6.92 Å². The van der Waals surface area contributed by atoms with Crippen LogP contribution in [0.4, 0.5) is 11.5 Å². The first-order valence-electron chi connectivity index (χ1n) is 6.87. The summed E-state index contributed by atoms with van der Waals surface area (Å²) in [6, 6.07) is 14.1. The number of hydrogen-bond acceptors (Lipinski definition) is 4. The summed E-state index contributed by atoms with van der Waals surface area (Å²) in [4.78, 5) is 11.3. The van der Waals surface area contributed by atoms with Gasteiger partial charge in [0.15, 0.2) is 5.65 Å². The van der Waals surface area contributed by atoms with Crippen LogP contribution in [0.5, 0.6) is 0 Å². The Balaban J connectivity index is 2.27. The zero-order valence-electron chi connectivity index (χ0n) is 12.5. The fourth-order valence-corrected chi connectivity index (χ4v) is 2.38. The van der Waals surface area contributed by atoms with Crippen LogP contribution in [0.2, 0.25) is 0 Å². The quantitative estimate of drug-likeness (QED) is 0.781. The smallest absolute Gasteiger partial charge is 0.164 e. The number of nitrogens with two attached hydrogens (primary N) is 1. The molecule has 21 heavy (non-hydrogen) atoms. The largest absolute Gasteiger partial charge is 0.398 e. The molecule has 106 valence electrons. The Hall–Kier alpha value is -2.62. The maximum atomic E-state index is 6.15. The number of rotatable bonds is 2. The molecule has 4 heteroatoms. The van der Waals surface area contributed by atoms with E-state index in [-0.39, 0.29) is 0 Å². The van der Waals surface area contributed by atoms with E-state index in [0.717, 1.165) is 28.0 Å². The molecule has 0 spiro atoms. The van der Waals surface area contributed by atoms with E-state index in [1.165, 1.54) is 0 Å². The number of fused-ring (bicyclic) bond motifs is 1. The van der Waals surface area contributed by atoms with Crippen molar-refractivity contribution in [3.05, 3.63) is 48.0 Å². The summed E-state index contributed by atoms with van der Waals surface area (Å²) in [6.07, 6.45) is 0. The number of hydrogen-bond donors (Lipinski definition) is 1. The SMILES string of the molecule is Cc1cc2c(N)cc(N(C)C)nc2nc1-c1ccccc1. The highest BCUT2D eigenvalue weighted by atomic mass is 15.1. The highest BCUT2D eigenvalue weighted by Crippen LogP contribution is 2.28. The van der Waals surface area contributed by atoms with Crippen molar-refractivity contribution in [1.29, 1.82) is 0 Å². The van der Waals surface area contributed by atoms with Gasteiger partial charge in [0.2, 0.25) is 0 Å². The average Bonchev–Trinajstić information content (AvgIpc) is 2.48. The van der Waals surface area contributed by atoms with Crippen molar-refractivity contribution >= 4 is 22.5 Å². The van der Waals surface area contributed by atoms with Crippen LogP contribution in [0.25, 0.3) is 22.3 Å². The average molecular weight is 278 g/mol. The van der Waals surface area contributed by atoms with Crippen molar-refractivity contribution in [3.63, 3.8) is 0 Å². The van der Waals surface area contributed by atoms with Crippen molar-refractivity contribution in [3.8, 4) is 11.3 Å². The van der Waals surface area contributed by atoms with E-state index in [1.54, 1.807) is 0 Å². The molecule has 2 aromatic heterocycles. The fourth-order valence-electron chi connectivity index (χ4n) is 2.38. The fraction of sp³-hybridized carbons (Fsp3) is 0.176. The Kier molecular flexibility index (Phi) is 3.22. The molecule has 0 aliphatic carbocycles. The Morgan fingerprint density at radius 1 is 1.00 bits per heavy atom. The maximum absolute atomic E-state index is 6.15. The van der Waals surface area contributed by atoms with Crippen molar-refractivity contribution < 1.29 is 0 Å². The van der Waals surface area contributed by atoms with Crippen LogP contribution in [-0.2, 0) is 0 Å². The van der Waals surface area contributed by atoms with Gasteiger partial charge in [-0.25, -0.2) is 9.97 Å². The van der Waals surface area contributed by atoms with Gasteiger partial charge in [0.05, 0.1) is 5.69 Å². The van der Waals surface area contributed by atoms with Crippen LogP contribution >= 0.6 is 0 Å². The topological polar surface area (TPSA) is 55.0 Å². The Morgan fingerprint density at radius 3 is 2.38 bits per heavy atom. The Morgan fingerprint density at radius 2 is 1.71 bits per heavy atom. The van der Waals surface area contributed by atoms with E-state index < -0.39 is 0 Å². The first-order chi connectivity index (χ1) is 10.1. The van der Waals surface area contributed by atoms with Crippen molar-refractivity contribution in [1.82, 2.24) is 9.97 Å². The maximum Gasteiger partial charge on any atom is 0.164 e. The van der Waals surface area contributed by atoms with E-state index >= 15 is 0 Å². The number of nitrogen functional groups attached to an aromatic ring is 1. The highest BCUT2D eigenvalue weighted by molar-refractivity contribution is 5.92. The zero-order chi connectivity index (χ0) is 15.0. The third kappa shape index (κ3) is 2.40. The minimum absolute atomic E-state index is 0.683. The van der Waals surface area contributed by atoms with Crippen LogP contribution < -0.4 is 10.6 Å². The summed E-state index contributed by atoms with van der Waals surface area (Å²) in [7, 11) is 3.89. The first kappa shape index (κ1) is 13.4. The number of aromatic nitrogens is 2. The number of nitrogens with zero attached hydrogens (tertiary/aromatic N) is 3. The van der Waals surface area contributed by atoms with E-state index in [2.05, 4.69) is 23.2 Å². The van der Waals surface area contributed by atoms with Gasteiger partial charge in [-0.05, 0) is 18.6 Å². The van der Waals surface area contributed by atoms with Gasteiger partial charge in [-0.3, -0.25) is 0 Å². The second kappa shape index (κ2) is 5.05. The molecule has 1 aromatic carbocycles. The van der Waals surface area contributed by atoms with Crippen molar-refractivity contribution in [2.24, 2.45) is 0 Å². The van der Waals surface area contributed by atoms with E-state index in [4.69, 9.17) is 10.7 Å². The molecular weight excluding hydrogens is 260 g/mol. The molecule has 3 rings (SSSR count). The molecule has 0 saturated heterocycles. The predicted molar refractivity (Wildman–Crippen MR) is 88.5 cm³/mol. The van der Waals surface area contributed by atoms with Gasteiger partial charge < -0.3 is 10.6 Å². The van der Waals surface area contributed by atoms with E-state index in [1.807, 2.05) is 50.2 Å². The van der Waals surface area contributed by atoms with Crippen LogP contribution in [0.3, 0.4) is 0 Å². The van der Waals surface area contributed by atoms with Gasteiger partial charge in [-0.15, -0.1) is 0 Å². The molecule has 2 N–H and O–H groups in total. The molecular formula is C17H18N4. The Bertz CT molecular complexity index is 795. The van der Waals surface area contributed by atoms with E-state index in [9.17, 15) is 0 Å². The molecule has 0 unspecified atom stereocenters. The minimum Gasteiger partial charge on any atom is -0.398 e. The molecule has 0 saturated carbocycles. The van der Waals surface area contributed by atoms with Gasteiger partial charge in [0.1, 0.15) is 5.82 Å². The second-order valence-electron chi connectivity index (χ2n) is 5.36. The monoisotopic (exact) mass is 278 g/mol. The van der Waals surface area contributed by atoms with Gasteiger partial charge >= 0.3 is 0 Å². The standard InChI is InChI=1S/C17H18N4/c1-11-9-13-14(18)10-15(21(2)3)19-17(13)20-16(11)12-7-5-4-6-8-12/h4-10H,1-3H3,(H2,18,19,20). The molecule has 0 atom stereocenters. The third-order valence-corrected chi connectivity index (χ3v) is 3.51. The summed E-state index contributed by atoms with van der Waals surface area (Å²) in [5, 5.41) is 0.901. The van der Waals surface area contributed by atoms with Crippen LogP contribution in [0, 0.1) is 6.92 Å². The minimum atomic E-state index is 0.683. The molecule has 0 amide bonds. The molecule has 0 radical (unpaired) electrons. The lowest BCUT2D eigenvalue weighted by Crippen LogP contribution is -2.11. The second-order valence-corrected chi connectivity index (χ2v) is 5.36.